The minimum atomic E-state index is 0.636. The Morgan fingerprint density at radius 2 is 2.18 bits per heavy atom. The highest BCUT2D eigenvalue weighted by Crippen LogP contribution is 2.29. The summed E-state index contributed by atoms with van der Waals surface area (Å²) in [6, 6.07) is 0. The summed E-state index contributed by atoms with van der Waals surface area (Å²) in [4.78, 5) is 10.7. The van der Waals surface area contributed by atoms with Gasteiger partial charge in [-0.3, -0.25) is 0 Å². The van der Waals surface area contributed by atoms with Crippen molar-refractivity contribution in [3.05, 3.63) is 11.9 Å². The lowest BCUT2D eigenvalue weighted by Crippen LogP contribution is -2.30. The van der Waals surface area contributed by atoms with Crippen molar-refractivity contribution in [1.29, 1.82) is 0 Å². The molecule has 0 radical (unpaired) electrons. The molecule has 0 saturated heterocycles. The molecule has 2 rings (SSSR count). The van der Waals surface area contributed by atoms with E-state index < -0.39 is 0 Å². The van der Waals surface area contributed by atoms with Gasteiger partial charge in [0.15, 0.2) is 0 Å². The standard InChI is InChI=1S/C13H22N4/c1-3-5-11-12(14)15-9-16-13(11)17(2)8-10-6-4-7-10/h9-10H,3-8H2,1-2H3,(H2,14,15,16). The maximum absolute atomic E-state index is 5.94. The molecule has 1 fully saturated rings. The summed E-state index contributed by atoms with van der Waals surface area (Å²) in [6.07, 6.45) is 7.69. The van der Waals surface area contributed by atoms with Crippen LogP contribution in [0.15, 0.2) is 6.33 Å². The van der Waals surface area contributed by atoms with E-state index in [4.69, 9.17) is 5.73 Å². The van der Waals surface area contributed by atoms with Crippen LogP contribution in [0.3, 0.4) is 0 Å². The van der Waals surface area contributed by atoms with Crippen LogP contribution in [0.2, 0.25) is 0 Å². The molecule has 4 nitrogen and oxygen atoms in total. The summed E-state index contributed by atoms with van der Waals surface area (Å²) in [5.74, 6) is 2.49. The number of aromatic nitrogens is 2. The van der Waals surface area contributed by atoms with Crippen molar-refractivity contribution < 1.29 is 0 Å². The molecular formula is C13H22N4. The number of nitrogen functional groups attached to an aromatic ring is 1. The molecule has 94 valence electrons. The molecule has 1 saturated carbocycles. The Morgan fingerprint density at radius 1 is 1.41 bits per heavy atom. The first-order valence-corrected chi connectivity index (χ1v) is 6.52. The van der Waals surface area contributed by atoms with Crippen molar-refractivity contribution >= 4 is 11.6 Å². The molecule has 1 aliphatic carbocycles. The number of nitrogens with two attached hydrogens (primary N) is 1. The maximum Gasteiger partial charge on any atom is 0.137 e. The summed E-state index contributed by atoms with van der Waals surface area (Å²) in [5, 5.41) is 0. The number of rotatable bonds is 5. The highest BCUT2D eigenvalue weighted by Gasteiger charge is 2.21. The van der Waals surface area contributed by atoms with Gasteiger partial charge in [0.2, 0.25) is 0 Å². The third-order valence-corrected chi connectivity index (χ3v) is 3.57. The predicted molar refractivity (Wildman–Crippen MR) is 71.1 cm³/mol. The first-order chi connectivity index (χ1) is 8.22. The van der Waals surface area contributed by atoms with Crippen molar-refractivity contribution in [3.63, 3.8) is 0 Å². The van der Waals surface area contributed by atoms with Gasteiger partial charge in [0, 0.05) is 19.2 Å². The van der Waals surface area contributed by atoms with Gasteiger partial charge in [-0.25, -0.2) is 9.97 Å². The van der Waals surface area contributed by atoms with Crippen LogP contribution >= 0.6 is 0 Å². The zero-order valence-electron chi connectivity index (χ0n) is 10.8. The normalized spacial score (nSPS) is 15.6. The molecule has 1 aliphatic rings. The number of hydrogen-bond donors (Lipinski definition) is 1. The second kappa shape index (κ2) is 5.34. The molecule has 4 heteroatoms. The molecule has 1 aromatic rings. The molecular weight excluding hydrogens is 212 g/mol. The van der Waals surface area contributed by atoms with Crippen LogP contribution in [-0.2, 0) is 6.42 Å². The van der Waals surface area contributed by atoms with Gasteiger partial charge in [-0.05, 0) is 25.2 Å². The fourth-order valence-corrected chi connectivity index (χ4v) is 2.38. The van der Waals surface area contributed by atoms with Crippen molar-refractivity contribution in [2.45, 2.75) is 39.0 Å². The van der Waals surface area contributed by atoms with E-state index in [0.29, 0.717) is 5.82 Å². The Morgan fingerprint density at radius 3 is 2.76 bits per heavy atom. The van der Waals surface area contributed by atoms with E-state index in [2.05, 4.69) is 28.8 Å². The van der Waals surface area contributed by atoms with E-state index in [1.165, 1.54) is 19.3 Å². The zero-order valence-corrected chi connectivity index (χ0v) is 10.8. The Bertz CT molecular complexity index is 374. The summed E-state index contributed by atoms with van der Waals surface area (Å²) in [5.41, 5.74) is 7.05. The second-order valence-electron chi connectivity index (χ2n) is 4.99. The lowest BCUT2D eigenvalue weighted by atomic mass is 9.85. The minimum absolute atomic E-state index is 0.636. The van der Waals surface area contributed by atoms with Crippen LogP contribution in [0.5, 0.6) is 0 Å². The molecule has 0 spiro atoms. The lowest BCUT2D eigenvalue weighted by Gasteiger charge is -2.31. The van der Waals surface area contributed by atoms with Crippen LogP contribution in [0.4, 0.5) is 11.6 Å². The molecule has 1 heterocycles. The van der Waals surface area contributed by atoms with Gasteiger partial charge >= 0.3 is 0 Å². The SMILES string of the molecule is CCCc1c(N)ncnc1N(C)CC1CCC1. The molecule has 0 amide bonds. The zero-order chi connectivity index (χ0) is 12.3. The Kier molecular flexibility index (Phi) is 3.82. The van der Waals surface area contributed by atoms with Crippen LogP contribution in [0, 0.1) is 5.92 Å². The van der Waals surface area contributed by atoms with Crippen molar-refractivity contribution in [3.8, 4) is 0 Å². The largest absolute Gasteiger partial charge is 0.383 e. The van der Waals surface area contributed by atoms with Gasteiger partial charge in [-0.2, -0.15) is 0 Å². The van der Waals surface area contributed by atoms with E-state index in [9.17, 15) is 0 Å². The second-order valence-corrected chi connectivity index (χ2v) is 4.99. The van der Waals surface area contributed by atoms with Gasteiger partial charge in [-0.1, -0.05) is 19.8 Å². The molecule has 0 unspecified atom stereocenters. The molecule has 0 aliphatic heterocycles. The smallest absolute Gasteiger partial charge is 0.137 e. The highest BCUT2D eigenvalue weighted by molar-refractivity contribution is 5.56. The Labute approximate surface area is 103 Å². The van der Waals surface area contributed by atoms with Gasteiger partial charge in [0.1, 0.15) is 18.0 Å². The minimum Gasteiger partial charge on any atom is -0.383 e. The molecule has 0 atom stereocenters. The number of hydrogen-bond acceptors (Lipinski definition) is 4. The average Bonchev–Trinajstić information content (AvgIpc) is 2.26. The van der Waals surface area contributed by atoms with Gasteiger partial charge in [0.05, 0.1) is 0 Å². The summed E-state index contributed by atoms with van der Waals surface area (Å²) >= 11 is 0. The quantitative estimate of drug-likeness (QED) is 0.849. The molecule has 2 N–H and O–H groups in total. The Hall–Kier alpha value is -1.32. The van der Waals surface area contributed by atoms with Gasteiger partial charge in [-0.15, -0.1) is 0 Å². The molecule has 1 aromatic heterocycles. The van der Waals surface area contributed by atoms with E-state index in [1.54, 1.807) is 6.33 Å². The van der Waals surface area contributed by atoms with Crippen LogP contribution in [-0.4, -0.2) is 23.6 Å². The number of nitrogens with zero attached hydrogens (tertiary/aromatic N) is 3. The fourth-order valence-electron chi connectivity index (χ4n) is 2.38. The summed E-state index contributed by atoms with van der Waals surface area (Å²) in [7, 11) is 2.11. The van der Waals surface area contributed by atoms with E-state index in [1.807, 2.05) is 0 Å². The third kappa shape index (κ3) is 2.68. The maximum atomic E-state index is 5.94. The monoisotopic (exact) mass is 234 g/mol. The molecule has 17 heavy (non-hydrogen) atoms. The lowest BCUT2D eigenvalue weighted by molar-refractivity contribution is 0.321. The van der Waals surface area contributed by atoms with Crippen molar-refractivity contribution in [2.24, 2.45) is 5.92 Å². The molecule has 0 bridgehead atoms. The average molecular weight is 234 g/mol. The Balaban J connectivity index is 2.14. The van der Waals surface area contributed by atoms with Crippen molar-refractivity contribution in [1.82, 2.24) is 9.97 Å². The van der Waals surface area contributed by atoms with E-state index in [-0.39, 0.29) is 0 Å². The fraction of sp³-hybridized carbons (Fsp3) is 0.692. The molecule has 0 aromatic carbocycles. The predicted octanol–water partition coefficient (Wildman–Crippen LogP) is 2.25. The first-order valence-electron chi connectivity index (χ1n) is 6.52. The summed E-state index contributed by atoms with van der Waals surface area (Å²) in [6.45, 7) is 3.25. The van der Waals surface area contributed by atoms with Crippen LogP contribution in [0.25, 0.3) is 0 Å². The van der Waals surface area contributed by atoms with Gasteiger partial charge in [0.25, 0.3) is 0 Å². The third-order valence-electron chi connectivity index (χ3n) is 3.57. The van der Waals surface area contributed by atoms with E-state index in [0.717, 1.165) is 36.7 Å². The first kappa shape index (κ1) is 12.1. The topological polar surface area (TPSA) is 55.0 Å². The van der Waals surface area contributed by atoms with Crippen LogP contribution in [0.1, 0.15) is 38.2 Å². The van der Waals surface area contributed by atoms with Crippen molar-refractivity contribution in [2.75, 3.05) is 24.2 Å². The highest BCUT2D eigenvalue weighted by atomic mass is 15.2. The van der Waals surface area contributed by atoms with Gasteiger partial charge < -0.3 is 10.6 Å². The van der Waals surface area contributed by atoms with E-state index >= 15 is 0 Å². The van der Waals surface area contributed by atoms with Crippen LogP contribution < -0.4 is 10.6 Å². The number of anilines is 2. The summed E-state index contributed by atoms with van der Waals surface area (Å²) < 4.78 is 0.